The maximum absolute atomic E-state index is 6.56. The Kier molecular flexibility index (Phi) is 4.72. The summed E-state index contributed by atoms with van der Waals surface area (Å²) in [5, 5.41) is 0. The normalized spacial score (nSPS) is 19.9. The maximum atomic E-state index is 6.56. The predicted octanol–water partition coefficient (Wildman–Crippen LogP) is 8.96. The number of hydrogen-bond donors (Lipinski definition) is 0. The van der Waals surface area contributed by atoms with Gasteiger partial charge in [-0.1, -0.05) is 105 Å². The molecule has 2 nitrogen and oxygen atoms in total. The standard InChI is InChI=1S/C34H28O2/c1-34(2)27-11-7-6-10-26(27)32-28(34)17-19-30-33(32)36-29-18-16-25(21-31(29)35-30)24-14-12-23(13-15-24)20-22-8-4-3-5-9-22/h3-19,21,26-27H,20H2,1-2H3. The molecule has 0 bridgehead atoms. The number of allylic oxidation sites excluding steroid dienone is 4. The Labute approximate surface area is 212 Å². The molecule has 2 atom stereocenters. The lowest BCUT2D eigenvalue weighted by atomic mass is 9.74. The lowest BCUT2D eigenvalue weighted by Crippen LogP contribution is -2.24. The molecule has 0 amide bonds. The van der Waals surface area contributed by atoms with Crippen LogP contribution in [0.25, 0.3) is 11.1 Å². The molecule has 2 aliphatic carbocycles. The van der Waals surface area contributed by atoms with E-state index in [0.29, 0.717) is 11.8 Å². The van der Waals surface area contributed by atoms with Gasteiger partial charge in [0.25, 0.3) is 0 Å². The highest BCUT2D eigenvalue weighted by atomic mass is 16.6. The zero-order chi connectivity index (χ0) is 24.3. The van der Waals surface area contributed by atoms with Gasteiger partial charge in [-0.25, -0.2) is 0 Å². The molecule has 0 N–H and O–H groups in total. The van der Waals surface area contributed by atoms with Gasteiger partial charge in [0.05, 0.1) is 0 Å². The third kappa shape index (κ3) is 3.32. The van der Waals surface area contributed by atoms with E-state index >= 15 is 0 Å². The minimum absolute atomic E-state index is 0.0520. The van der Waals surface area contributed by atoms with Crippen LogP contribution >= 0.6 is 0 Å². The second-order valence-electron chi connectivity index (χ2n) is 10.6. The van der Waals surface area contributed by atoms with Crippen molar-refractivity contribution in [2.75, 3.05) is 0 Å². The van der Waals surface area contributed by atoms with Gasteiger partial charge < -0.3 is 9.47 Å². The fraction of sp³-hybridized carbons (Fsp3) is 0.176. The predicted molar refractivity (Wildman–Crippen MR) is 145 cm³/mol. The van der Waals surface area contributed by atoms with Crippen molar-refractivity contribution < 1.29 is 9.47 Å². The second kappa shape index (κ2) is 7.99. The number of hydrogen-bond acceptors (Lipinski definition) is 2. The molecule has 3 aliphatic rings. The Balaban J connectivity index is 1.18. The van der Waals surface area contributed by atoms with E-state index in [9.17, 15) is 0 Å². The number of rotatable bonds is 3. The van der Waals surface area contributed by atoms with Crippen molar-refractivity contribution in [1.82, 2.24) is 0 Å². The first kappa shape index (κ1) is 21.3. The summed E-state index contributed by atoms with van der Waals surface area (Å²) in [5.41, 5.74) is 7.59. The van der Waals surface area contributed by atoms with E-state index in [1.807, 2.05) is 6.07 Å². The van der Waals surface area contributed by atoms with Crippen LogP contribution in [-0.2, 0) is 11.8 Å². The van der Waals surface area contributed by atoms with E-state index in [1.54, 1.807) is 0 Å². The highest BCUT2D eigenvalue weighted by molar-refractivity contribution is 5.71. The summed E-state index contributed by atoms with van der Waals surface area (Å²) in [6, 6.07) is 29.9. The lowest BCUT2D eigenvalue weighted by Gasteiger charge is -2.29. The van der Waals surface area contributed by atoms with Crippen molar-refractivity contribution in [3.8, 4) is 34.1 Å². The molecule has 2 heteroatoms. The average molecular weight is 469 g/mol. The SMILES string of the molecule is CC1(C)c2ccc3c(c2C2C=CC=CC21)Oc1ccc(-c2ccc(Cc4ccccc4)cc2)cc1O3. The van der Waals surface area contributed by atoms with E-state index in [2.05, 4.69) is 117 Å². The summed E-state index contributed by atoms with van der Waals surface area (Å²) in [4.78, 5) is 0. The minimum atomic E-state index is 0.0520. The molecule has 4 aromatic carbocycles. The van der Waals surface area contributed by atoms with Gasteiger partial charge in [-0.05, 0) is 63.8 Å². The van der Waals surface area contributed by atoms with E-state index < -0.39 is 0 Å². The average Bonchev–Trinajstić information content (AvgIpc) is 3.15. The number of fused-ring (bicyclic) bond motifs is 6. The smallest absolute Gasteiger partial charge is 0.174 e. The van der Waals surface area contributed by atoms with Gasteiger partial charge in [0, 0.05) is 11.5 Å². The zero-order valence-corrected chi connectivity index (χ0v) is 20.6. The molecule has 1 aliphatic heterocycles. The quantitative estimate of drug-likeness (QED) is 0.263. The number of ether oxygens (including phenoxy) is 2. The van der Waals surface area contributed by atoms with E-state index in [-0.39, 0.29) is 5.41 Å². The first-order valence-corrected chi connectivity index (χ1v) is 12.7. The molecule has 2 unspecified atom stereocenters. The van der Waals surface area contributed by atoms with Crippen LogP contribution < -0.4 is 9.47 Å². The third-order valence-electron chi connectivity index (χ3n) is 8.07. The summed E-state index contributed by atoms with van der Waals surface area (Å²) in [6.07, 6.45) is 9.91. The summed E-state index contributed by atoms with van der Waals surface area (Å²) >= 11 is 0. The first-order chi connectivity index (χ1) is 17.6. The van der Waals surface area contributed by atoms with Gasteiger partial charge in [-0.2, -0.15) is 0 Å². The molecule has 0 fully saturated rings. The van der Waals surface area contributed by atoms with Crippen LogP contribution in [0.1, 0.15) is 42.0 Å². The third-order valence-corrected chi connectivity index (χ3v) is 8.07. The molecule has 0 saturated carbocycles. The highest BCUT2D eigenvalue weighted by Gasteiger charge is 2.47. The monoisotopic (exact) mass is 468 g/mol. The molecule has 36 heavy (non-hydrogen) atoms. The van der Waals surface area contributed by atoms with Crippen molar-refractivity contribution in [2.24, 2.45) is 5.92 Å². The van der Waals surface area contributed by atoms with Gasteiger partial charge in [-0.3, -0.25) is 0 Å². The Morgan fingerprint density at radius 2 is 1.39 bits per heavy atom. The van der Waals surface area contributed by atoms with Gasteiger partial charge >= 0.3 is 0 Å². The summed E-state index contributed by atoms with van der Waals surface area (Å²) in [6.45, 7) is 4.67. The molecule has 0 aromatic heterocycles. The van der Waals surface area contributed by atoms with E-state index in [0.717, 1.165) is 35.0 Å². The van der Waals surface area contributed by atoms with Crippen LogP contribution in [0, 0.1) is 5.92 Å². The molecule has 0 saturated heterocycles. The summed E-state index contributed by atoms with van der Waals surface area (Å²) in [5.74, 6) is 3.96. The highest BCUT2D eigenvalue weighted by Crippen LogP contribution is 2.60. The van der Waals surface area contributed by atoms with E-state index in [4.69, 9.17) is 9.47 Å². The fourth-order valence-electron chi connectivity index (χ4n) is 6.14. The van der Waals surface area contributed by atoms with Gasteiger partial charge in [0.1, 0.15) is 0 Å². The largest absolute Gasteiger partial charge is 0.449 e. The Morgan fingerprint density at radius 3 is 2.22 bits per heavy atom. The van der Waals surface area contributed by atoms with Crippen LogP contribution in [0.2, 0.25) is 0 Å². The number of benzene rings is 4. The molecule has 0 radical (unpaired) electrons. The van der Waals surface area contributed by atoms with Crippen LogP contribution in [-0.4, -0.2) is 0 Å². The van der Waals surface area contributed by atoms with Crippen LogP contribution in [0.3, 0.4) is 0 Å². The molecular formula is C34H28O2. The summed E-state index contributed by atoms with van der Waals surface area (Å²) in [7, 11) is 0. The fourth-order valence-corrected chi connectivity index (χ4v) is 6.14. The Hall–Kier alpha value is -4.04. The Bertz CT molecular complexity index is 1520. The van der Waals surface area contributed by atoms with Gasteiger partial charge in [-0.15, -0.1) is 0 Å². The van der Waals surface area contributed by atoms with Crippen molar-refractivity contribution in [1.29, 1.82) is 0 Å². The molecule has 176 valence electrons. The van der Waals surface area contributed by atoms with Crippen molar-refractivity contribution in [2.45, 2.75) is 31.6 Å². The van der Waals surface area contributed by atoms with Crippen molar-refractivity contribution in [3.05, 3.63) is 131 Å². The molecule has 4 aromatic rings. The first-order valence-electron chi connectivity index (χ1n) is 12.7. The Morgan fingerprint density at radius 1 is 0.667 bits per heavy atom. The van der Waals surface area contributed by atoms with E-state index in [1.165, 1.54) is 27.8 Å². The summed E-state index contributed by atoms with van der Waals surface area (Å²) < 4.78 is 13.0. The van der Waals surface area contributed by atoms with Crippen LogP contribution in [0.5, 0.6) is 23.0 Å². The molecular weight excluding hydrogens is 440 g/mol. The molecule has 1 heterocycles. The van der Waals surface area contributed by atoms with Crippen molar-refractivity contribution in [3.63, 3.8) is 0 Å². The molecule has 0 spiro atoms. The van der Waals surface area contributed by atoms with Crippen LogP contribution in [0.4, 0.5) is 0 Å². The van der Waals surface area contributed by atoms with Gasteiger partial charge in [0.2, 0.25) is 0 Å². The maximum Gasteiger partial charge on any atom is 0.174 e. The van der Waals surface area contributed by atoms with Crippen LogP contribution in [0.15, 0.2) is 109 Å². The molecule has 7 rings (SSSR count). The second-order valence-corrected chi connectivity index (χ2v) is 10.6. The topological polar surface area (TPSA) is 18.5 Å². The van der Waals surface area contributed by atoms with Crippen molar-refractivity contribution >= 4 is 0 Å². The van der Waals surface area contributed by atoms with Gasteiger partial charge in [0.15, 0.2) is 23.0 Å². The minimum Gasteiger partial charge on any atom is -0.449 e. The lowest BCUT2D eigenvalue weighted by molar-refractivity contribution is 0.354. The zero-order valence-electron chi connectivity index (χ0n) is 20.6.